The lowest BCUT2D eigenvalue weighted by atomic mass is 10.1. The fraction of sp³-hybridized carbons (Fsp3) is 0.308. The van der Waals surface area contributed by atoms with Crippen molar-refractivity contribution in [2.75, 3.05) is 12.9 Å². The van der Waals surface area contributed by atoms with E-state index in [0.29, 0.717) is 6.42 Å². The van der Waals surface area contributed by atoms with E-state index in [9.17, 15) is 9.18 Å². The summed E-state index contributed by atoms with van der Waals surface area (Å²) < 4.78 is 17.8. The highest BCUT2D eigenvalue weighted by molar-refractivity contribution is 7.98. The molecule has 0 N–H and O–H groups in total. The molecule has 1 aromatic carbocycles. The number of halogens is 1. The molecule has 0 aliphatic carbocycles. The first-order valence-corrected chi connectivity index (χ1v) is 6.55. The molecule has 0 bridgehead atoms. The van der Waals surface area contributed by atoms with Gasteiger partial charge in [0, 0.05) is 4.90 Å². The van der Waals surface area contributed by atoms with E-state index in [1.165, 1.54) is 6.08 Å². The molecular formula is C13H15FO2S. The van der Waals surface area contributed by atoms with Crippen molar-refractivity contribution in [2.45, 2.75) is 18.2 Å². The number of ether oxygens (including phenoxy) is 1. The summed E-state index contributed by atoms with van der Waals surface area (Å²) in [6, 6.07) is 7.77. The van der Waals surface area contributed by atoms with Crippen LogP contribution in [0.4, 0.5) is 4.39 Å². The monoisotopic (exact) mass is 254 g/mol. The summed E-state index contributed by atoms with van der Waals surface area (Å²) in [5.74, 6) is -1.73. The van der Waals surface area contributed by atoms with E-state index in [4.69, 9.17) is 0 Å². The second kappa shape index (κ2) is 7.12. The number of allylic oxidation sites excluding steroid dienone is 1. The van der Waals surface area contributed by atoms with Crippen molar-refractivity contribution < 1.29 is 13.9 Å². The third-order valence-electron chi connectivity index (χ3n) is 2.12. The average molecular weight is 254 g/mol. The maximum atomic E-state index is 13.2. The van der Waals surface area contributed by atoms with Crippen molar-refractivity contribution in [1.29, 1.82) is 0 Å². The van der Waals surface area contributed by atoms with Crippen LogP contribution in [0, 0.1) is 0 Å². The first kappa shape index (κ1) is 13.8. The van der Waals surface area contributed by atoms with Crippen LogP contribution in [0.5, 0.6) is 0 Å². The van der Waals surface area contributed by atoms with Gasteiger partial charge in [-0.05, 0) is 43.4 Å². The second-order valence-electron chi connectivity index (χ2n) is 3.33. The zero-order valence-electron chi connectivity index (χ0n) is 9.90. The minimum absolute atomic E-state index is 0.183. The van der Waals surface area contributed by atoms with Gasteiger partial charge >= 0.3 is 5.97 Å². The lowest BCUT2D eigenvalue weighted by molar-refractivity contribution is -0.140. The molecule has 92 valence electrons. The fourth-order valence-electron chi connectivity index (χ4n) is 1.29. The van der Waals surface area contributed by atoms with Crippen LogP contribution in [0.3, 0.4) is 0 Å². The molecule has 0 fully saturated rings. The number of carbonyl (C=O) groups excluding carboxylic acids is 1. The van der Waals surface area contributed by atoms with Gasteiger partial charge in [0.1, 0.15) is 0 Å². The molecule has 2 nitrogen and oxygen atoms in total. The molecule has 0 heterocycles. The van der Waals surface area contributed by atoms with E-state index in [2.05, 4.69) is 4.74 Å². The molecule has 0 radical (unpaired) electrons. The van der Waals surface area contributed by atoms with Crippen LogP contribution in [0.15, 0.2) is 41.1 Å². The van der Waals surface area contributed by atoms with Gasteiger partial charge in [0.05, 0.1) is 6.61 Å². The molecule has 0 spiro atoms. The lowest BCUT2D eigenvalue weighted by Crippen LogP contribution is -2.04. The van der Waals surface area contributed by atoms with Gasteiger partial charge < -0.3 is 4.74 Å². The summed E-state index contributed by atoms with van der Waals surface area (Å²) in [6.45, 7) is 1.83. The molecule has 0 saturated carbocycles. The van der Waals surface area contributed by atoms with Gasteiger partial charge in [0.15, 0.2) is 0 Å². The maximum Gasteiger partial charge on any atom is 0.366 e. The predicted octanol–water partition coefficient (Wildman–Crippen LogP) is 3.37. The lowest BCUT2D eigenvalue weighted by Gasteiger charge is -2.01. The predicted molar refractivity (Wildman–Crippen MR) is 67.8 cm³/mol. The summed E-state index contributed by atoms with van der Waals surface area (Å²) in [6.07, 6.45) is 3.62. The standard InChI is InChI=1S/C13H15FO2S/c1-3-16-13(15)12(14)8-7-10-5-4-6-11(9-10)17-2/h4-6,8-9H,3,7H2,1-2H3. The normalized spacial score (nSPS) is 11.4. The Labute approximate surface area is 105 Å². The van der Waals surface area contributed by atoms with E-state index in [1.807, 2.05) is 30.5 Å². The van der Waals surface area contributed by atoms with Crippen molar-refractivity contribution in [1.82, 2.24) is 0 Å². The molecule has 0 aliphatic rings. The SMILES string of the molecule is CCOC(=O)C(F)=CCc1cccc(SC)c1. The number of carbonyl (C=O) groups is 1. The molecule has 0 aromatic heterocycles. The Morgan fingerprint density at radius 2 is 2.29 bits per heavy atom. The van der Waals surface area contributed by atoms with Gasteiger partial charge in [-0.25, -0.2) is 4.79 Å². The summed E-state index contributed by atoms with van der Waals surface area (Å²) in [5, 5.41) is 0. The molecule has 0 amide bonds. The number of thioether (sulfide) groups is 1. The van der Waals surface area contributed by atoms with Crippen LogP contribution >= 0.6 is 11.8 Å². The van der Waals surface area contributed by atoms with Crippen molar-refractivity contribution >= 4 is 17.7 Å². The molecule has 1 aromatic rings. The van der Waals surface area contributed by atoms with Gasteiger partial charge in [0.2, 0.25) is 5.83 Å². The minimum Gasteiger partial charge on any atom is -0.461 e. The minimum atomic E-state index is -0.895. The number of esters is 1. The molecule has 4 heteroatoms. The Bertz CT molecular complexity index is 416. The Morgan fingerprint density at radius 3 is 2.94 bits per heavy atom. The molecule has 1 rings (SSSR count). The molecule has 0 saturated heterocycles. The summed E-state index contributed by atoms with van der Waals surface area (Å²) in [5.41, 5.74) is 0.969. The molecule has 0 unspecified atom stereocenters. The zero-order valence-corrected chi connectivity index (χ0v) is 10.7. The maximum absolute atomic E-state index is 13.2. The third kappa shape index (κ3) is 4.61. The first-order chi connectivity index (χ1) is 8.17. The highest BCUT2D eigenvalue weighted by Gasteiger charge is 2.08. The van der Waals surface area contributed by atoms with Gasteiger partial charge in [-0.1, -0.05) is 12.1 Å². The van der Waals surface area contributed by atoms with Crippen LogP contribution in [-0.4, -0.2) is 18.8 Å². The van der Waals surface area contributed by atoms with E-state index < -0.39 is 11.8 Å². The third-order valence-corrected chi connectivity index (χ3v) is 2.85. The molecule has 0 aliphatic heterocycles. The van der Waals surface area contributed by atoms with Gasteiger partial charge in [0.25, 0.3) is 0 Å². The van der Waals surface area contributed by atoms with Crippen molar-refractivity contribution in [3.63, 3.8) is 0 Å². The quantitative estimate of drug-likeness (QED) is 0.458. The van der Waals surface area contributed by atoms with Crippen molar-refractivity contribution in [3.8, 4) is 0 Å². The van der Waals surface area contributed by atoms with Crippen LogP contribution < -0.4 is 0 Å². The Balaban J connectivity index is 2.65. The molecular weight excluding hydrogens is 239 g/mol. The molecule has 0 atom stereocenters. The summed E-state index contributed by atoms with van der Waals surface area (Å²) in [4.78, 5) is 12.1. The number of hydrogen-bond donors (Lipinski definition) is 0. The largest absolute Gasteiger partial charge is 0.461 e. The van der Waals surface area contributed by atoms with Crippen LogP contribution in [0.1, 0.15) is 12.5 Å². The van der Waals surface area contributed by atoms with E-state index >= 15 is 0 Å². The number of rotatable bonds is 5. The van der Waals surface area contributed by atoms with Crippen LogP contribution in [0.25, 0.3) is 0 Å². The van der Waals surface area contributed by atoms with E-state index in [0.717, 1.165) is 10.5 Å². The van der Waals surface area contributed by atoms with E-state index in [-0.39, 0.29) is 6.61 Å². The van der Waals surface area contributed by atoms with E-state index in [1.54, 1.807) is 18.7 Å². The van der Waals surface area contributed by atoms with Gasteiger partial charge in [-0.15, -0.1) is 11.8 Å². The summed E-state index contributed by atoms with van der Waals surface area (Å²) >= 11 is 1.63. The summed E-state index contributed by atoms with van der Waals surface area (Å²) in [7, 11) is 0. The number of benzene rings is 1. The van der Waals surface area contributed by atoms with Crippen molar-refractivity contribution in [3.05, 3.63) is 41.7 Å². The van der Waals surface area contributed by atoms with Gasteiger partial charge in [-0.2, -0.15) is 4.39 Å². The smallest absolute Gasteiger partial charge is 0.366 e. The van der Waals surface area contributed by atoms with Gasteiger partial charge in [-0.3, -0.25) is 0 Å². The number of hydrogen-bond acceptors (Lipinski definition) is 3. The molecule has 17 heavy (non-hydrogen) atoms. The zero-order chi connectivity index (χ0) is 12.7. The Morgan fingerprint density at radius 1 is 1.53 bits per heavy atom. The first-order valence-electron chi connectivity index (χ1n) is 5.33. The van der Waals surface area contributed by atoms with Crippen LogP contribution in [0.2, 0.25) is 0 Å². The second-order valence-corrected chi connectivity index (χ2v) is 4.21. The average Bonchev–Trinajstić information content (AvgIpc) is 2.36. The Kier molecular flexibility index (Phi) is 5.77. The Hall–Kier alpha value is -1.29. The topological polar surface area (TPSA) is 26.3 Å². The highest BCUT2D eigenvalue weighted by Crippen LogP contribution is 2.16. The van der Waals surface area contributed by atoms with Crippen LogP contribution in [-0.2, 0) is 16.0 Å². The fourth-order valence-corrected chi connectivity index (χ4v) is 1.77. The van der Waals surface area contributed by atoms with Crippen molar-refractivity contribution in [2.24, 2.45) is 0 Å². The highest BCUT2D eigenvalue weighted by atomic mass is 32.2.